The summed E-state index contributed by atoms with van der Waals surface area (Å²) >= 11 is 1.69. The van der Waals surface area contributed by atoms with E-state index in [-0.39, 0.29) is 0 Å². The van der Waals surface area contributed by atoms with Crippen molar-refractivity contribution in [3.8, 4) is 5.75 Å². The predicted octanol–water partition coefficient (Wildman–Crippen LogP) is 2.24. The molecule has 1 aromatic carbocycles. The van der Waals surface area contributed by atoms with E-state index in [1.54, 1.807) is 18.4 Å². The summed E-state index contributed by atoms with van der Waals surface area (Å²) in [5.74, 6) is 0.885. The fraction of sp³-hybridized carbons (Fsp3) is 0.308. The van der Waals surface area contributed by atoms with Crippen molar-refractivity contribution in [1.82, 2.24) is 4.98 Å². The fourth-order valence-electron chi connectivity index (χ4n) is 1.62. The van der Waals surface area contributed by atoms with Crippen molar-refractivity contribution >= 4 is 11.3 Å². The summed E-state index contributed by atoms with van der Waals surface area (Å²) < 4.78 is 5.13. The van der Waals surface area contributed by atoms with Gasteiger partial charge in [-0.15, -0.1) is 11.3 Å². The highest BCUT2D eigenvalue weighted by Gasteiger charge is 2.02. The van der Waals surface area contributed by atoms with E-state index in [4.69, 9.17) is 10.5 Å². The van der Waals surface area contributed by atoms with Gasteiger partial charge in [-0.1, -0.05) is 12.1 Å². The SMILES string of the molecule is COc1ccc(Cc2csc(CCN)n2)cc1. The molecule has 0 bridgehead atoms. The standard InChI is InChI=1S/C13H16N2OS/c1-16-12-4-2-10(3-5-12)8-11-9-17-13(15-11)6-7-14/h2-5,9H,6-8,14H2,1H3. The van der Waals surface area contributed by atoms with Crippen LogP contribution in [0.15, 0.2) is 29.6 Å². The van der Waals surface area contributed by atoms with Gasteiger partial charge in [0.1, 0.15) is 5.75 Å². The summed E-state index contributed by atoms with van der Waals surface area (Å²) in [7, 11) is 1.68. The zero-order chi connectivity index (χ0) is 12.1. The van der Waals surface area contributed by atoms with E-state index in [1.165, 1.54) is 5.56 Å². The Morgan fingerprint density at radius 3 is 2.71 bits per heavy atom. The number of benzene rings is 1. The van der Waals surface area contributed by atoms with E-state index in [1.807, 2.05) is 12.1 Å². The summed E-state index contributed by atoms with van der Waals surface area (Å²) in [5, 5.41) is 3.23. The zero-order valence-corrected chi connectivity index (χ0v) is 10.7. The van der Waals surface area contributed by atoms with Crippen molar-refractivity contribution in [3.63, 3.8) is 0 Å². The van der Waals surface area contributed by atoms with E-state index >= 15 is 0 Å². The van der Waals surface area contributed by atoms with Gasteiger partial charge in [-0.2, -0.15) is 0 Å². The molecule has 2 aromatic rings. The molecule has 3 nitrogen and oxygen atoms in total. The van der Waals surface area contributed by atoms with Crippen molar-refractivity contribution in [1.29, 1.82) is 0 Å². The monoisotopic (exact) mass is 248 g/mol. The normalized spacial score (nSPS) is 10.5. The van der Waals surface area contributed by atoms with Crippen LogP contribution in [0, 0.1) is 0 Å². The third-order valence-corrected chi connectivity index (χ3v) is 3.46. The minimum Gasteiger partial charge on any atom is -0.497 e. The first-order valence-electron chi connectivity index (χ1n) is 5.58. The molecule has 2 rings (SSSR count). The number of thiazole rings is 1. The molecule has 2 N–H and O–H groups in total. The lowest BCUT2D eigenvalue weighted by molar-refractivity contribution is 0.414. The first-order chi connectivity index (χ1) is 8.31. The minimum atomic E-state index is 0.662. The Hall–Kier alpha value is -1.39. The van der Waals surface area contributed by atoms with Crippen molar-refractivity contribution in [2.24, 2.45) is 5.73 Å². The minimum absolute atomic E-state index is 0.662. The van der Waals surface area contributed by atoms with Crippen LogP contribution in [0.5, 0.6) is 5.75 Å². The number of hydrogen-bond donors (Lipinski definition) is 1. The molecule has 0 saturated heterocycles. The summed E-state index contributed by atoms with van der Waals surface area (Å²) in [4.78, 5) is 4.55. The van der Waals surface area contributed by atoms with Crippen LogP contribution in [0.3, 0.4) is 0 Å². The Bertz CT molecular complexity index is 465. The molecule has 0 aliphatic carbocycles. The second-order valence-electron chi connectivity index (χ2n) is 3.80. The maximum atomic E-state index is 5.51. The van der Waals surface area contributed by atoms with E-state index in [9.17, 15) is 0 Å². The molecule has 0 aliphatic rings. The van der Waals surface area contributed by atoms with Crippen LogP contribution < -0.4 is 10.5 Å². The molecule has 1 aromatic heterocycles. The molecule has 17 heavy (non-hydrogen) atoms. The fourth-order valence-corrected chi connectivity index (χ4v) is 2.43. The van der Waals surface area contributed by atoms with Gasteiger partial charge in [0.15, 0.2) is 0 Å². The van der Waals surface area contributed by atoms with Crippen molar-refractivity contribution in [2.45, 2.75) is 12.8 Å². The van der Waals surface area contributed by atoms with E-state index in [0.717, 1.165) is 29.3 Å². The first kappa shape index (κ1) is 12.1. The molecule has 0 unspecified atom stereocenters. The van der Waals surface area contributed by atoms with Crippen LogP contribution in [0.4, 0.5) is 0 Å². The van der Waals surface area contributed by atoms with Crippen molar-refractivity contribution < 1.29 is 4.74 Å². The number of ether oxygens (including phenoxy) is 1. The van der Waals surface area contributed by atoms with E-state index in [2.05, 4.69) is 22.5 Å². The van der Waals surface area contributed by atoms with Crippen LogP contribution >= 0.6 is 11.3 Å². The van der Waals surface area contributed by atoms with Gasteiger partial charge < -0.3 is 10.5 Å². The lowest BCUT2D eigenvalue weighted by Crippen LogP contribution is -2.02. The molecule has 0 aliphatic heterocycles. The molecule has 0 fully saturated rings. The van der Waals surface area contributed by atoms with Gasteiger partial charge >= 0.3 is 0 Å². The Morgan fingerprint density at radius 1 is 1.29 bits per heavy atom. The predicted molar refractivity (Wildman–Crippen MR) is 70.7 cm³/mol. The second-order valence-corrected chi connectivity index (χ2v) is 4.74. The highest BCUT2D eigenvalue weighted by molar-refractivity contribution is 7.09. The summed E-state index contributed by atoms with van der Waals surface area (Å²) in [6.45, 7) is 0.662. The molecule has 90 valence electrons. The van der Waals surface area contributed by atoms with Crippen LogP contribution in [-0.4, -0.2) is 18.6 Å². The highest BCUT2D eigenvalue weighted by atomic mass is 32.1. The first-order valence-corrected chi connectivity index (χ1v) is 6.46. The van der Waals surface area contributed by atoms with Gasteiger partial charge in [0.05, 0.1) is 17.8 Å². The van der Waals surface area contributed by atoms with Crippen LogP contribution in [-0.2, 0) is 12.8 Å². The molecule has 0 spiro atoms. The molecular weight excluding hydrogens is 232 g/mol. The van der Waals surface area contributed by atoms with Crippen molar-refractivity contribution in [3.05, 3.63) is 45.9 Å². The average Bonchev–Trinajstić information content (AvgIpc) is 2.78. The third kappa shape index (κ3) is 3.28. The number of nitrogens with zero attached hydrogens (tertiary/aromatic N) is 1. The molecule has 0 radical (unpaired) electrons. The van der Waals surface area contributed by atoms with Gasteiger partial charge in [0.25, 0.3) is 0 Å². The molecule has 4 heteroatoms. The quantitative estimate of drug-likeness (QED) is 0.882. The average molecular weight is 248 g/mol. The van der Waals surface area contributed by atoms with E-state index in [0.29, 0.717) is 6.54 Å². The second kappa shape index (κ2) is 5.80. The van der Waals surface area contributed by atoms with Gasteiger partial charge in [-0.25, -0.2) is 4.98 Å². The zero-order valence-electron chi connectivity index (χ0n) is 9.85. The molecule has 0 saturated carbocycles. The number of nitrogens with two attached hydrogens (primary N) is 1. The topological polar surface area (TPSA) is 48.1 Å². The van der Waals surface area contributed by atoms with Gasteiger partial charge in [-0.3, -0.25) is 0 Å². The summed E-state index contributed by atoms with van der Waals surface area (Å²) in [6, 6.07) is 8.09. The molecule has 1 heterocycles. The summed E-state index contributed by atoms with van der Waals surface area (Å²) in [5.41, 5.74) is 7.87. The smallest absolute Gasteiger partial charge is 0.118 e. The van der Waals surface area contributed by atoms with Gasteiger partial charge in [0, 0.05) is 18.2 Å². The number of aromatic nitrogens is 1. The number of hydrogen-bond acceptors (Lipinski definition) is 4. The lowest BCUT2D eigenvalue weighted by Gasteiger charge is -2.01. The molecule has 0 atom stereocenters. The number of methoxy groups -OCH3 is 1. The Balaban J connectivity index is 2.03. The Kier molecular flexibility index (Phi) is 4.12. The van der Waals surface area contributed by atoms with Crippen LogP contribution in [0.25, 0.3) is 0 Å². The summed E-state index contributed by atoms with van der Waals surface area (Å²) in [6.07, 6.45) is 1.73. The van der Waals surface area contributed by atoms with E-state index < -0.39 is 0 Å². The molecular formula is C13H16N2OS. The Labute approximate surface area is 105 Å². The Morgan fingerprint density at radius 2 is 2.06 bits per heavy atom. The van der Waals surface area contributed by atoms with Crippen LogP contribution in [0.1, 0.15) is 16.3 Å². The van der Waals surface area contributed by atoms with Crippen LogP contribution in [0.2, 0.25) is 0 Å². The molecule has 0 amide bonds. The number of rotatable bonds is 5. The third-order valence-electron chi connectivity index (χ3n) is 2.50. The van der Waals surface area contributed by atoms with Crippen molar-refractivity contribution in [2.75, 3.05) is 13.7 Å². The van der Waals surface area contributed by atoms with Gasteiger partial charge in [0.2, 0.25) is 0 Å². The lowest BCUT2D eigenvalue weighted by atomic mass is 10.1. The highest BCUT2D eigenvalue weighted by Crippen LogP contribution is 2.16. The maximum Gasteiger partial charge on any atom is 0.118 e. The largest absolute Gasteiger partial charge is 0.497 e. The maximum absolute atomic E-state index is 5.51. The van der Waals surface area contributed by atoms with Gasteiger partial charge in [-0.05, 0) is 24.2 Å².